The molecule has 0 radical (unpaired) electrons. The summed E-state index contributed by atoms with van der Waals surface area (Å²) in [4.78, 5) is 50.8. The van der Waals surface area contributed by atoms with E-state index in [9.17, 15) is 14.4 Å². The number of methoxy groups -OCH3 is 1. The highest BCUT2D eigenvalue weighted by Crippen LogP contribution is 2.43. The summed E-state index contributed by atoms with van der Waals surface area (Å²) in [6.07, 6.45) is 7.53. The summed E-state index contributed by atoms with van der Waals surface area (Å²) in [7, 11) is 3.57. The zero-order chi connectivity index (χ0) is 25.3. The molecule has 1 atom stereocenters. The first-order valence-corrected chi connectivity index (χ1v) is 12.9. The van der Waals surface area contributed by atoms with Crippen molar-refractivity contribution in [1.82, 2.24) is 24.3 Å². The molecule has 2 aliphatic heterocycles. The van der Waals surface area contributed by atoms with Crippen molar-refractivity contribution >= 4 is 17.7 Å². The number of hydrogen-bond donors (Lipinski definition) is 0. The predicted octanol–water partition coefficient (Wildman–Crippen LogP) is 2.10. The lowest BCUT2D eigenvalue weighted by atomic mass is 9.75. The van der Waals surface area contributed by atoms with Gasteiger partial charge in [0, 0.05) is 64.5 Å². The van der Waals surface area contributed by atoms with Crippen LogP contribution in [-0.2, 0) is 33.4 Å². The number of nitrogens with zero attached hydrogens (tertiary/aromatic N) is 5. The largest absolute Gasteiger partial charge is 0.497 e. The second-order valence-corrected chi connectivity index (χ2v) is 10.3. The minimum atomic E-state index is -1.16. The maximum atomic E-state index is 13.9. The SMILES string of the molecule is COc1ccc(C2(CC(=O)N3CCN(Cc4nccn4C)CC3)CC(=O)N(C3CCCC3)C2=O)cc1. The van der Waals surface area contributed by atoms with E-state index in [2.05, 4.69) is 9.88 Å². The zero-order valence-electron chi connectivity index (χ0n) is 21.2. The Morgan fingerprint density at radius 1 is 1.08 bits per heavy atom. The van der Waals surface area contributed by atoms with E-state index in [1.807, 2.05) is 34.8 Å². The molecule has 9 nitrogen and oxygen atoms in total. The van der Waals surface area contributed by atoms with Crippen molar-refractivity contribution in [1.29, 1.82) is 0 Å². The summed E-state index contributed by atoms with van der Waals surface area (Å²) in [6, 6.07) is 7.22. The quantitative estimate of drug-likeness (QED) is 0.549. The van der Waals surface area contributed by atoms with Crippen LogP contribution in [0.25, 0.3) is 0 Å². The Morgan fingerprint density at radius 2 is 1.78 bits per heavy atom. The number of aryl methyl sites for hydroxylation is 1. The molecule has 0 spiro atoms. The first-order valence-electron chi connectivity index (χ1n) is 12.9. The van der Waals surface area contributed by atoms with Gasteiger partial charge in [-0.05, 0) is 30.5 Å². The highest BCUT2D eigenvalue weighted by Gasteiger charge is 2.56. The van der Waals surface area contributed by atoms with E-state index in [4.69, 9.17) is 4.74 Å². The Kier molecular flexibility index (Phi) is 6.83. The van der Waals surface area contributed by atoms with Crippen LogP contribution in [0.1, 0.15) is 49.9 Å². The van der Waals surface area contributed by atoms with E-state index in [1.165, 1.54) is 4.90 Å². The van der Waals surface area contributed by atoms with Gasteiger partial charge in [0.2, 0.25) is 17.7 Å². The van der Waals surface area contributed by atoms with Crippen LogP contribution in [0.5, 0.6) is 5.75 Å². The molecular formula is C27H35N5O4. The van der Waals surface area contributed by atoms with Crippen LogP contribution in [0, 0.1) is 0 Å². The third kappa shape index (κ3) is 4.52. The third-order valence-electron chi connectivity index (χ3n) is 8.15. The Labute approximate surface area is 212 Å². The average molecular weight is 494 g/mol. The number of hydrogen-bond acceptors (Lipinski definition) is 6. The van der Waals surface area contributed by atoms with Gasteiger partial charge in [-0.1, -0.05) is 25.0 Å². The summed E-state index contributed by atoms with van der Waals surface area (Å²) in [5, 5.41) is 0. The topological polar surface area (TPSA) is 88.0 Å². The van der Waals surface area contributed by atoms with Crippen LogP contribution in [0.2, 0.25) is 0 Å². The van der Waals surface area contributed by atoms with Crippen molar-refractivity contribution in [3.8, 4) is 5.75 Å². The number of benzene rings is 1. The van der Waals surface area contributed by atoms with Gasteiger partial charge in [0.1, 0.15) is 11.6 Å². The number of carbonyl (C=O) groups is 3. The first-order chi connectivity index (χ1) is 17.4. The molecule has 2 aromatic rings. The van der Waals surface area contributed by atoms with Gasteiger partial charge in [-0.25, -0.2) is 4.98 Å². The van der Waals surface area contributed by atoms with Gasteiger partial charge in [-0.3, -0.25) is 24.2 Å². The molecule has 5 rings (SSSR count). The summed E-state index contributed by atoms with van der Waals surface area (Å²) in [6.45, 7) is 3.42. The Balaban J connectivity index is 1.33. The molecule has 3 aliphatic rings. The number of imide groups is 1. The molecule has 0 N–H and O–H groups in total. The van der Waals surface area contributed by atoms with E-state index in [1.54, 1.807) is 25.4 Å². The maximum absolute atomic E-state index is 13.9. The summed E-state index contributed by atoms with van der Waals surface area (Å²) >= 11 is 0. The monoisotopic (exact) mass is 493 g/mol. The van der Waals surface area contributed by atoms with Crippen molar-refractivity contribution < 1.29 is 19.1 Å². The van der Waals surface area contributed by atoms with Gasteiger partial charge in [-0.15, -0.1) is 0 Å². The zero-order valence-corrected chi connectivity index (χ0v) is 21.2. The van der Waals surface area contributed by atoms with Gasteiger partial charge >= 0.3 is 0 Å². The minimum absolute atomic E-state index is 0.00644. The molecule has 1 aromatic carbocycles. The molecule has 1 saturated carbocycles. The number of likely N-dealkylation sites (tertiary alicyclic amines) is 1. The lowest BCUT2D eigenvalue weighted by Crippen LogP contribution is -2.51. The number of rotatable bonds is 7. The summed E-state index contributed by atoms with van der Waals surface area (Å²) < 4.78 is 7.31. The number of amides is 3. The van der Waals surface area contributed by atoms with Crippen molar-refractivity contribution in [2.75, 3.05) is 33.3 Å². The Bertz CT molecular complexity index is 1120. The van der Waals surface area contributed by atoms with Crippen LogP contribution < -0.4 is 4.74 Å². The van der Waals surface area contributed by atoms with E-state index in [0.29, 0.717) is 24.4 Å². The molecule has 36 heavy (non-hydrogen) atoms. The molecular weight excluding hydrogens is 458 g/mol. The molecule has 2 saturated heterocycles. The number of ether oxygens (including phenoxy) is 1. The highest BCUT2D eigenvalue weighted by atomic mass is 16.5. The highest BCUT2D eigenvalue weighted by molar-refractivity contribution is 6.11. The lowest BCUT2D eigenvalue weighted by molar-refractivity contribution is -0.145. The molecule has 3 heterocycles. The smallest absolute Gasteiger partial charge is 0.241 e. The molecule has 1 aliphatic carbocycles. The second kappa shape index (κ2) is 10.0. The molecule has 3 amide bonds. The average Bonchev–Trinajstić information content (AvgIpc) is 3.61. The Morgan fingerprint density at radius 3 is 2.39 bits per heavy atom. The van der Waals surface area contributed by atoms with Gasteiger partial charge in [0.15, 0.2) is 0 Å². The van der Waals surface area contributed by atoms with Crippen molar-refractivity contribution in [3.05, 3.63) is 48.0 Å². The van der Waals surface area contributed by atoms with Gasteiger partial charge < -0.3 is 14.2 Å². The normalized spacial score (nSPS) is 23.6. The van der Waals surface area contributed by atoms with Crippen LogP contribution in [-0.4, -0.2) is 81.3 Å². The molecule has 1 unspecified atom stereocenters. The molecule has 192 valence electrons. The van der Waals surface area contributed by atoms with Crippen molar-refractivity contribution in [2.45, 2.75) is 56.5 Å². The van der Waals surface area contributed by atoms with E-state index in [0.717, 1.165) is 51.1 Å². The number of carbonyl (C=O) groups excluding carboxylic acids is 3. The molecule has 3 fully saturated rings. The summed E-state index contributed by atoms with van der Waals surface area (Å²) in [5.41, 5.74) is -0.448. The number of aromatic nitrogens is 2. The predicted molar refractivity (Wildman–Crippen MR) is 133 cm³/mol. The fraction of sp³-hybridized carbons (Fsp3) is 0.556. The molecule has 9 heteroatoms. The fourth-order valence-electron chi connectivity index (χ4n) is 5.94. The van der Waals surface area contributed by atoms with Gasteiger partial charge in [0.05, 0.1) is 19.1 Å². The minimum Gasteiger partial charge on any atom is -0.497 e. The maximum Gasteiger partial charge on any atom is 0.241 e. The first kappa shape index (κ1) is 24.5. The standard InChI is InChI=1S/C27H35N5O4/c1-29-12-11-28-23(29)19-30-13-15-31(16-14-30)24(33)17-27(20-7-9-22(36-2)10-8-20)18-25(34)32(26(27)35)21-5-3-4-6-21/h7-12,21H,3-6,13-19H2,1-2H3. The van der Waals surface area contributed by atoms with Crippen LogP contribution in [0.3, 0.4) is 0 Å². The van der Waals surface area contributed by atoms with Crippen LogP contribution >= 0.6 is 0 Å². The van der Waals surface area contributed by atoms with Gasteiger partial charge in [0.25, 0.3) is 0 Å². The fourth-order valence-corrected chi connectivity index (χ4v) is 5.94. The number of piperazine rings is 1. The van der Waals surface area contributed by atoms with Crippen molar-refractivity contribution in [2.24, 2.45) is 7.05 Å². The van der Waals surface area contributed by atoms with Gasteiger partial charge in [-0.2, -0.15) is 0 Å². The number of imidazole rings is 1. The van der Waals surface area contributed by atoms with Crippen molar-refractivity contribution in [3.63, 3.8) is 0 Å². The third-order valence-corrected chi connectivity index (χ3v) is 8.15. The van der Waals surface area contributed by atoms with E-state index >= 15 is 0 Å². The Hall–Kier alpha value is -3.20. The van der Waals surface area contributed by atoms with Crippen LogP contribution in [0.15, 0.2) is 36.7 Å². The van der Waals surface area contributed by atoms with E-state index < -0.39 is 5.41 Å². The molecule has 0 bridgehead atoms. The summed E-state index contributed by atoms with van der Waals surface area (Å²) in [5.74, 6) is 1.22. The lowest BCUT2D eigenvalue weighted by Gasteiger charge is -2.36. The molecule has 1 aromatic heterocycles. The second-order valence-electron chi connectivity index (χ2n) is 10.3. The van der Waals surface area contributed by atoms with Crippen LogP contribution in [0.4, 0.5) is 0 Å². The van der Waals surface area contributed by atoms with E-state index in [-0.39, 0.29) is 36.6 Å².